The average Bonchev–Trinajstić information content (AvgIpc) is 3.60. The van der Waals surface area contributed by atoms with Gasteiger partial charge in [0, 0.05) is 32.4 Å². The van der Waals surface area contributed by atoms with Gasteiger partial charge in [0.25, 0.3) is 15.9 Å². The van der Waals surface area contributed by atoms with Crippen molar-refractivity contribution in [1.29, 1.82) is 0 Å². The van der Waals surface area contributed by atoms with Gasteiger partial charge in [-0.05, 0) is 37.0 Å². The number of benzene rings is 1. The van der Waals surface area contributed by atoms with Gasteiger partial charge in [0.2, 0.25) is 0 Å². The predicted molar refractivity (Wildman–Crippen MR) is 134 cm³/mol. The van der Waals surface area contributed by atoms with Crippen LogP contribution in [0.15, 0.2) is 51.8 Å². The molecule has 2 fully saturated rings. The SMILES string of the molecule is O=C(N[C@@H]1CCC[C@H]1OCc1ccccc1)C1=NOC2(CCN(S(=O)(=O)c3ccc(Cl)s3)CC2)C1. The van der Waals surface area contributed by atoms with Crippen molar-refractivity contribution in [2.75, 3.05) is 13.1 Å². The molecule has 1 aromatic carbocycles. The van der Waals surface area contributed by atoms with Gasteiger partial charge in [-0.1, -0.05) is 47.1 Å². The normalized spacial score (nSPS) is 24.3. The molecular weight excluding hydrogens is 510 g/mol. The van der Waals surface area contributed by atoms with E-state index in [1.165, 1.54) is 10.4 Å². The molecule has 0 unspecified atom stereocenters. The third kappa shape index (κ3) is 5.41. The number of hydrogen-bond acceptors (Lipinski definition) is 7. The first-order chi connectivity index (χ1) is 16.8. The van der Waals surface area contributed by atoms with Crippen molar-refractivity contribution in [2.45, 2.75) is 67.1 Å². The fourth-order valence-electron chi connectivity index (χ4n) is 4.93. The Morgan fingerprint density at radius 2 is 1.97 bits per heavy atom. The van der Waals surface area contributed by atoms with Crippen LogP contribution in [-0.4, -0.2) is 55.2 Å². The molecule has 35 heavy (non-hydrogen) atoms. The zero-order valence-corrected chi connectivity index (χ0v) is 21.6. The fraction of sp³-hybridized carbons (Fsp3) is 0.500. The summed E-state index contributed by atoms with van der Waals surface area (Å²) in [4.78, 5) is 18.7. The smallest absolute Gasteiger partial charge is 0.269 e. The van der Waals surface area contributed by atoms with E-state index >= 15 is 0 Å². The van der Waals surface area contributed by atoms with Crippen LogP contribution in [0.1, 0.15) is 44.1 Å². The van der Waals surface area contributed by atoms with Gasteiger partial charge in [-0.25, -0.2) is 8.42 Å². The van der Waals surface area contributed by atoms with E-state index in [-0.39, 0.29) is 22.3 Å². The van der Waals surface area contributed by atoms with Crippen LogP contribution in [0.3, 0.4) is 0 Å². The first-order valence-corrected chi connectivity index (χ1v) is 14.5. The summed E-state index contributed by atoms with van der Waals surface area (Å²) in [5, 5.41) is 7.20. The van der Waals surface area contributed by atoms with Crippen molar-refractivity contribution in [1.82, 2.24) is 9.62 Å². The molecule has 5 rings (SSSR count). The highest BCUT2D eigenvalue weighted by atomic mass is 35.5. The second-order valence-electron chi connectivity index (χ2n) is 9.30. The molecule has 0 bridgehead atoms. The van der Waals surface area contributed by atoms with Crippen LogP contribution in [0.4, 0.5) is 0 Å². The minimum absolute atomic E-state index is 0.0322. The fourth-order valence-corrected chi connectivity index (χ4v) is 8.01. The summed E-state index contributed by atoms with van der Waals surface area (Å²) in [6.45, 7) is 1.13. The van der Waals surface area contributed by atoms with E-state index in [9.17, 15) is 13.2 Å². The average molecular weight is 538 g/mol. The first-order valence-electron chi connectivity index (χ1n) is 11.8. The molecular formula is C24H28ClN3O5S2. The van der Waals surface area contributed by atoms with E-state index in [4.69, 9.17) is 21.2 Å². The summed E-state index contributed by atoms with van der Waals surface area (Å²) in [6, 6.07) is 13.1. The molecule has 1 spiro atoms. The Hall–Kier alpha value is -1.98. The van der Waals surface area contributed by atoms with Gasteiger partial charge < -0.3 is 14.9 Å². The standard InChI is InChI=1S/C24H28ClN3O5S2/c25-21-9-10-22(34-21)35(30,31)28-13-11-24(12-14-28)15-19(27-33-24)23(29)26-18-7-4-8-20(18)32-16-17-5-2-1-3-6-17/h1-3,5-6,9-10,18,20H,4,7-8,11-16H2,(H,26,29)/t18-,20-/m1/s1. The Morgan fingerprint density at radius 3 is 2.69 bits per heavy atom. The van der Waals surface area contributed by atoms with Crippen molar-refractivity contribution in [2.24, 2.45) is 5.16 Å². The number of hydrogen-bond donors (Lipinski definition) is 1. The molecule has 3 aliphatic rings. The number of oxime groups is 1. The lowest BCUT2D eigenvalue weighted by Gasteiger charge is -2.36. The van der Waals surface area contributed by atoms with Crippen LogP contribution in [0, 0.1) is 0 Å². The van der Waals surface area contributed by atoms with Gasteiger partial charge in [-0.3, -0.25) is 4.79 Å². The number of thiophene rings is 1. The lowest BCUT2D eigenvalue weighted by Crippen LogP contribution is -2.48. The Balaban J connectivity index is 1.13. The number of piperidine rings is 1. The Kier molecular flexibility index (Phi) is 7.18. The quantitative estimate of drug-likeness (QED) is 0.576. The van der Waals surface area contributed by atoms with Crippen LogP contribution in [0.25, 0.3) is 0 Å². The van der Waals surface area contributed by atoms with Crippen LogP contribution in [-0.2, 0) is 31.0 Å². The molecule has 0 radical (unpaired) electrons. The van der Waals surface area contributed by atoms with Crippen LogP contribution in [0.5, 0.6) is 0 Å². The zero-order valence-electron chi connectivity index (χ0n) is 19.2. The van der Waals surface area contributed by atoms with E-state index in [2.05, 4.69) is 10.5 Å². The van der Waals surface area contributed by atoms with Crippen LogP contribution >= 0.6 is 22.9 Å². The Morgan fingerprint density at radius 1 is 1.20 bits per heavy atom. The van der Waals surface area contributed by atoms with Crippen molar-refractivity contribution < 1.29 is 22.8 Å². The maximum absolute atomic E-state index is 13.0. The largest absolute Gasteiger partial charge is 0.388 e. The van der Waals surface area contributed by atoms with Crippen molar-refractivity contribution >= 4 is 44.6 Å². The number of sulfonamides is 1. The Bertz CT molecular complexity index is 1190. The maximum atomic E-state index is 13.0. The highest BCUT2D eigenvalue weighted by Gasteiger charge is 2.46. The summed E-state index contributed by atoms with van der Waals surface area (Å²) in [6.07, 6.45) is 4.05. The number of ether oxygens (including phenoxy) is 1. The molecule has 1 aliphatic carbocycles. The monoisotopic (exact) mass is 537 g/mol. The first kappa shape index (κ1) is 24.7. The number of nitrogens with zero attached hydrogens (tertiary/aromatic N) is 2. The lowest BCUT2D eigenvalue weighted by molar-refractivity contribution is -0.116. The minimum Gasteiger partial charge on any atom is -0.388 e. The summed E-state index contributed by atoms with van der Waals surface area (Å²) in [5.74, 6) is -0.231. The minimum atomic E-state index is -3.58. The molecule has 188 valence electrons. The molecule has 2 aliphatic heterocycles. The van der Waals surface area contributed by atoms with E-state index in [1.54, 1.807) is 6.07 Å². The van der Waals surface area contributed by atoms with Gasteiger partial charge in [-0.15, -0.1) is 11.3 Å². The molecule has 1 N–H and O–H groups in total. The highest BCUT2D eigenvalue weighted by Crippen LogP contribution is 2.37. The van der Waals surface area contributed by atoms with Crippen molar-refractivity contribution in [3.63, 3.8) is 0 Å². The van der Waals surface area contributed by atoms with E-state index in [0.717, 1.165) is 36.2 Å². The Labute approximate surface area is 214 Å². The second-order valence-corrected chi connectivity index (χ2v) is 13.2. The second kappa shape index (κ2) is 10.2. The molecule has 3 heterocycles. The number of amides is 1. The van der Waals surface area contributed by atoms with Gasteiger partial charge in [0.05, 0.1) is 23.1 Å². The number of carbonyl (C=O) groups excluding carboxylic acids is 1. The molecule has 1 saturated carbocycles. The predicted octanol–water partition coefficient (Wildman–Crippen LogP) is 3.96. The third-order valence-electron chi connectivity index (χ3n) is 6.95. The number of nitrogens with one attached hydrogen (secondary N) is 1. The molecule has 11 heteroatoms. The van der Waals surface area contributed by atoms with Crippen LogP contribution < -0.4 is 5.32 Å². The van der Waals surface area contributed by atoms with Crippen LogP contribution in [0.2, 0.25) is 4.34 Å². The molecule has 2 atom stereocenters. The molecule has 2 aromatic rings. The van der Waals surface area contributed by atoms with Crippen molar-refractivity contribution in [3.8, 4) is 0 Å². The third-order valence-corrected chi connectivity index (χ3v) is 10.6. The van der Waals surface area contributed by atoms with E-state index < -0.39 is 15.6 Å². The maximum Gasteiger partial charge on any atom is 0.269 e. The van der Waals surface area contributed by atoms with Gasteiger partial charge >= 0.3 is 0 Å². The zero-order chi connectivity index (χ0) is 24.5. The van der Waals surface area contributed by atoms with E-state index in [0.29, 0.717) is 49.0 Å². The van der Waals surface area contributed by atoms with E-state index in [1.807, 2.05) is 30.3 Å². The number of carbonyl (C=O) groups is 1. The molecule has 1 saturated heterocycles. The summed E-state index contributed by atoms with van der Waals surface area (Å²) >= 11 is 6.97. The van der Waals surface area contributed by atoms with Gasteiger partial charge in [0.15, 0.2) is 0 Å². The topological polar surface area (TPSA) is 97.3 Å². The molecule has 8 nitrogen and oxygen atoms in total. The molecule has 1 aromatic heterocycles. The summed E-state index contributed by atoms with van der Waals surface area (Å²) < 4.78 is 34.0. The van der Waals surface area contributed by atoms with Gasteiger partial charge in [0.1, 0.15) is 15.5 Å². The van der Waals surface area contributed by atoms with Gasteiger partial charge in [-0.2, -0.15) is 4.31 Å². The number of rotatable bonds is 7. The highest BCUT2D eigenvalue weighted by molar-refractivity contribution is 7.91. The number of halogens is 1. The summed E-state index contributed by atoms with van der Waals surface area (Å²) in [5.41, 5.74) is 0.834. The lowest BCUT2D eigenvalue weighted by atomic mass is 9.87. The van der Waals surface area contributed by atoms with Crippen molar-refractivity contribution in [3.05, 3.63) is 52.4 Å². The molecule has 1 amide bonds. The summed E-state index contributed by atoms with van der Waals surface area (Å²) in [7, 11) is -3.58.